The maximum atomic E-state index is 12.8. The van der Waals surface area contributed by atoms with Gasteiger partial charge in [0.25, 0.3) is 5.91 Å². The summed E-state index contributed by atoms with van der Waals surface area (Å²) < 4.78 is 17.8. The Labute approximate surface area is 200 Å². The van der Waals surface area contributed by atoms with Crippen LogP contribution in [-0.4, -0.2) is 41.0 Å². The third-order valence-corrected chi connectivity index (χ3v) is 5.76. The number of carbonyl (C=O) groups excluding carboxylic acids is 2. The molecular weight excluding hydrogens is 469 g/mol. The number of anilines is 1. The smallest absolute Gasteiger partial charge is 0.343 e. The van der Waals surface area contributed by atoms with Crippen LogP contribution in [0.4, 0.5) is 5.69 Å². The topological polar surface area (TPSA) is 91.7 Å². The Morgan fingerprint density at radius 1 is 1.15 bits per heavy atom. The van der Waals surface area contributed by atoms with E-state index in [-0.39, 0.29) is 17.3 Å². The molecule has 0 radical (unpaired) electrons. The molecule has 0 saturated heterocycles. The van der Waals surface area contributed by atoms with E-state index < -0.39 is 18.0 Å². The van der Waals surface area contributed by atoms with Crippen molar-refractivity contribution in [1.82, 2.24) is 9.78 Å². The standard InChI is InChI=1S/C23H21Cl2N3O5/c1-13-20(21(25)28(27-13)12-15-5-3-4-6-17(15)24)23(30)33-14(2)22(29)26-16-7-8-18-19(11-16)32-10-9-31-18/h3-8,11,14H,9-10,12H2,1-2H3,(H,26,29). The fraction of sp³-hybridized carbons (Fsp3) is 0.261. The van der Waals surface area contributed by atoms with E-state index in [2.05, 4.69) is 10.4 Å². The van der Waals surface area contributed by atoms with Gasteiger partial charge in [-0.25, -0.2) is 9.48 Å². The quantitative estimate of drug-likeness (QED) is 0.512. The maximum Gasteiger partial charge on any atom is 0.343 e. The molecule has 3 aromatic rings. The second kappa shape index (κ2) is 9.72. The highest BCUT2D eigenvalue weighted by Crippen LogP contribution is 2.32. The lowest BCUT2D eigenvalue weighted by Gasteiger charge is -2.19. The molecule has 1 aliphatic heterocycles. The zero-order chi connectivity index (χ0) is 23.5. The fourth-order valence-electron chi connectivity index (χ4n) is 3.32. The molecule has 1 amide bonds. The average Bonchev–Trinajstić information content (AvgIpc) is 3.07. The second-order valence-corrected chi connectivity index (χ2v) is 8.16. The van der Waals surface area contributed by atoms with Crippen LogP contribution in [0.15, 0.2) is 42.5 Å². The van der Waals surface area contributed by atoms with Gasteiger partial charge in [0.15, 0.2) is 17.6 Å². The molecule has 0 fully saturated rings. The Morgan fingerprint density at radius 2 is 1.88 bits per heavy atom. The number of nitrogens with one attached hydrogen (secondary N) is 1. The number of aromatic nitrogens is 2. The van der Waals surface area contributed by atoms with Crippen molar-refractivity contribution in [3.8, 4) is 11.5 Å². The summed E-state index contributed by atoms with van der Waals surface area (Å²) >= 11 is 12.6. The number of halogens is 2. The summed E-state index contributed by atoms with van der Waals surface area (Å²) in [5, 5.41) is 7.70. The Balaban J connectivity index is 1.43. The van der Waals surface area contributed by atoms with Crippen LogP contribution in [0.3, 0.4) is 0 Å². The number of nitrogens with zero attached hydrogens (tertiary/aromatic N) is 2. The number of hydrogen-bond acceptors (Lipinski definition) is 6. The highest BCUT2D eigenvalue weighted by molar-refractivity contribution is 6.33. The number of hydrogen-bond donors (Lipinski definition) is 1. The second-order valence-electron chi connectivity index (χ2n) is 7.40. The fourth-order valence-corrected chi connectivity index (χ4v) is 3.82. The molecule has 8 nitrogen and oxygen atoms in total. The molecule has 1 N–H and O–H groups in total. The van der Waals surface area contributed by atoms with Gasteiger partial charge in [0, 0.05) is 16.8 Å². The molecule has 0 aliphatic carbocycles. The molecule has 2 aromatic carbocycles. The number of amides is 1. The summed E-state index contributed by atoms with van der Waals surface area (Å²) in [6.45, 7) is 4.31. The molecule has 0 spiro atoms. The largest absolute Gasteiger partial charge is 0.486 e. The number of esters is 1. The summed E-state index contributed by atoms with van der Waals surface area (Å²) in [6, 6.07) is 12.3. The number of ether oxygens (including phenoxy) is 3. The molecule has 0 bridgehead atoms. The molecular formula is C23H21Cl2N3O5. The van der Waals surface area contributed by atoms with Crippen LogP contribution in [0.2, 0.25) is 10.2 Å². The molecule has 10 heteroatoms. The first-order chi connectivity index (χ1) is 15.8. The van der Waals surface area contributed by atoms with Gasteiger partial charge in [-0.1, -0.05) is 41.4 Å². The monoisotopic (exact) mass is 489 g/mol. The summed E-state index contributed by atoms with van der Waals surface area (Å²) in [6.07, 6.45) is -1.08. The Morgan fingerprint density at radius 3 is 2.64 bits per heavy atom. The predicted molar refractivity (Wildman–Crippen MR) is 123 cm³/mol. The van der Waals surface area contributed by atoms with Crippen molar-refractivity contribution in [3.63, 3.8) is 0 Å². The van der Waals surface area contributed by atoms with Gasteiger partial charge in [0.05, 0.1) is 12.2 Å². The van der Waals surface area contributed by atoms with E-state index in [9.17, 15) is 9.59 Å². The van der Waals surface area contributed by atoms with Crippen LogP contribution in [0.5, 0.6) is 11.5 Å². The molecule has 1 atom stereocenters. The first-order valence-corrected chi connectivity index (χ1v) is 11.0. The Hall–Kier alpha value is -3.23. The van der Waals surface area contributed by atoms with Crippen molar-refractivity contribution in [1.29, 1.82) is 0 Å². The molecule has 0 saturated carbocycles. The van der Waals surface area contributed by atoms with Crippen LogP contribution < -0.4 is 14.8 Å². The van der Waals surface area contributed by atoms with E-state index >= 15 is 0 Å². The minimum Gasteiger partial charge on any atom is -0.486 e. The summed E-state index contributed by atoms with van der Waals surface area (Å²) in [5.74, 6) is -0.0975. The van der Waals surface area contributed by atoms with Crippen LogP contribution in [0, 0.1) is 6.92 Å². The third kappa shape index (κ3) is 5.07. The van der Waals surface area contributed by atoms with Crippen LogP contribution in [0.1, 0.15) is 28.5 Å². The molecule has 4 rings (SSSR count). The number of aryl methyl sites for hydroxylation is 1. The average molecular weight is 490 g/mol. The van der Waals surface area contributed by atoms with Gasteiger partial charge in [-0.2, -0.15) is 5.10 Å². The lowest BCUT2D eigenvalue weighted by atomic mass is 10.2. The predicted octanol–water partition coefficient (Wildman–Crippen LogP) is 4.50. The van der Waals surface area contributed by atoms with Gasteiger partial charge < -0.3 is 19.5 Å². The van der Waals surface area contributed by atoms with Gasteiger partial charge >= 0.3 is 5.97 Å². The maximum absolute atomic E-state index is 12.8. The van der Waals surface area contributed by atoms with E-state index in [0.717, 1.165) is 5.56 Å². The number of fused-ring (bicyclic) bond motifs is 1. The van der Waals surface area contributed by atoms with Crippen molar-refractivity contribution in [2.45, 2.75) is 26.5 Å². The van der Waals surface area contributed by atoms with E-state index in [4.69, 9.17) is 37.4 Å². The molecule has 1 aliphatic rings. The van der Waals surface area contributed by atoms with Gasteiger partial charge in [-0.3, -0.25) is 4.79 Å². The van der Waals surface area contributed by atoms with Gasteiger partial charge in [0.2, 0.25) is 0 Å². The van der Waals surface area contributed by atoms with Crippen molar-refractivity contribution >= 4 is 40.8 Å². The minimum atomic E-state index is -1.08. The Kier molecular flexibility index (Phi) is 6.76. The van der Waals surface area contributed by atoms with Crippen molar-refractivity contribution in [2.24, 2.45) is 0 Å². The lowest BCUT2D eigenvalue weighted by Crippen LogP contribution is -2.30. The van der Waals surface area contributed by atoms with Gasteiger partial charge in [-0.05, 0) is 37.6 Å². The van der Waals surface area contributed by atoms with Gasteiger partial charge in [0.1, 0.15) is 23.9 Å². The molecule has 1 aromatic heterocycles. The van der Waals surface area contributed by atoms with Crippen molar-refractivity contribution in [2.75, 3.05) is 18.5 Å². The van der Waals surface area contributed by atoms with E-state index in [1.807, 2.05) is 18.2 Å². The number of carbonyl (C=O) groups is 2. The summed E-state index contributed by atoms with van der Waals surface area (Å²) in [4.78, 5) is 25.3. The normalized spacial score (nSPS) is 13.3. The highest BCUT2D eigenvalue weighted by atomic mass is 35.5. The number of rotatable bonds is 6. The first kappa shape index (κ1) is 22.9. The Bertz CT molecular complexity index is 1210. The highest BCUT2D eigenvalue weighted by Gasteiger charge is 2.26. The van der Waals surface area contributed by atoms with E-state index in [1.165, 1.54) is 11.6 Å². The SMILES string of the molecule is Cc1nn(Cc2ccccc2Cl)c(Cl)c1C(=O)OC(C)C(=O)Nc1ccc2c(c1)OCCO2. The third-order valence-electron chi connectivity index (χ3n) is 5.01. The number of benzene rings is 2. The van der Waals surface area contributed by atoms with E-state index in [1.54, 1.807) is 31.2 Å². The van der Waals surface area contributed by atoms with Crippen LogP contribution in [0.25, 0.3) is 0 Å². The van der Waals surface area contributed by atoms with Crippen LogP contribution in [-0.2, 0) is 16.1 Å². The summed E-state index contributed by atoms with van der Waals surface area (Å²) in [5.41, 5.74) is 1.78. The van der Waals surface area contributed by atoms with Crippen molar-refractivity contribution in [3.05, 3.63) is 69.5 Å². The molecule has 1 unspecified atom stereocenters. The van der Waals surface area contributed by atoms with Gasteiger partial charge in [-0.15, -0.1) is 0 Å². The minimum absolute atomic E-state index is 0.0997. The van der Waals surface area contributed by atoms with Crippen molar-refractivity contribution < 1.29 is 23.8 Å². The molecule has 2 heterocycles. The zero-order valence-electron chi connectivity index (χ0n) is 17.9. The molecule has 172 valence electrons. The summed E-state index contributed by atoms with van der Waals surface area (Å²) in [7, 11) is 0. The molecule has 33 heavy (non-hydrogen) atoms. The van der Waals surface area contributed by atoms with E-state index in [0.29, 0.717) is 41.1 Å². The lowest BCUT2D eigenvalue weighted by molar-refractivity contribution is -0.123. The first-order valence-electron chi connectivity index (χ1n) is 10.2. The zero-order valence-corrected chi connectivity index (χ0v) is 19.4. The van der Waals surface area contributed by atoms with Crippen LogP contribution >= 0.6 is 23.2 Å².